The minimum absolute atomic E-state index is 0.161. The van der Waals surface area contributed by atoms with Gasteiger partial charge in [0.15, 0.2) is 5.75 Å². The highest BCUT2D eigenvalue weighted by Gasteiger charge is 2.48. The third kappa shape index (κ3) is 7.19. The van der Waals surface area contributed by atoms with E-state index in [1.54, 1.807) is 0 Å². The van der Waals surface area contributed by atoms with Crippen LogP contribution < -0.4 is 21.7 Å². The van der Waals surface area contributed by atoms with Gasteiger partial charge >= 0.3 is 5.69 Å². The lowest BCUT2D eigenvalue weighted by Gasteiger charge is -2.25. The summed E-state index contributed by atoms with van der Waals surface area (Å²) in [7, 11) is 0. The van der Waals surface area contributed by atoms with Crippen molar-refractivity contribution in [2.24, 2.45) is 29.4 Å². The topological polar surface area (TPSA) is 194 Å². The summed E-state index contributed by atoms with van der Waals surface area (Å²) in [6.07, 6.45) is 1.26. The first-order valence-corrected chi connectivity index (χ1v) is 13.7. The lowest BCUT2D eigenvalue weighted by molar-refractivity contribution is -0.385. The number of aromatic hydroxyl groups is 1. The van der Waals surface area contributed by atoms with E-state index in [0.717, 1.165) is 23.3 Å². The number of hydrogen-bond donors (Lipinski definition) is 5. The quantitative estimate of drug-likeness (QED) is 0.188. The number of nitrogens with zero attached hydrogens (tertiary/aromatic N) is 1. The molecular weight excluding hydrogens is 530 g/mol. The zero-order valence-corrected chi connectivity index (χ0v) is 23.0. The maximum absolute atomic E-state index is 13.6. The van der Waals surface area contributed by atoms with Crippen LogP contribution in [-0.2, 0) is 38.4 Å². The van der Waals surface area contributed by atoms with Crippen LogP contribution in [0.3, 0.4) is 0 Å². The van der Waals surface area contributed by atoms with Crippen LogP contribution in [0.1, 0.15) is 37.0 Å². The van der Waals surface area contributed by atoms with Crippen molar-refractivity contribution < 1.29 is 29.2 Å². The first-order chi connectivity index (χ1) is 19.4. The maximum Gasteiger partial charge on any atom is 0.310 e. The Hall–Kier alpha value is -4.48. The van der Waals surface area contributed by atoms with Gasteiger partial charge in [0.1, 0.15) is 12.1 Å². The van der Waals surface area contributed by atoms with Gasteiger partial charge in [-0.1, -0.05) is 44.2 Å². The molecule has 12 nitrogen and oxygen atoms in total. The SMILES string of the molecule is CC(C)CNC(=O)[C@H]1CC1C(=O)N[C@H](Cc1ccc(O)c([N+](=O)[O-])c1)C(=O)N[C@@H](C(N)=O)C1Cc2ccccc2C1. The van der Waals surface area contributed by atoms with Crippen molar-refractivity contribution in [2.75, 3.05) is 6.54 Å². The van der Waals surface area contributed by atoms with E-state index in [2.05, 4.69) is 16.0 Å². The number of hydrogen-bond acceptors (Lipinski definition) is 7. The molecule has 4 rings (SSSR count). The summed E-state index contributed by atoms with van der Waals surface area (Å²) in [6, 6.07) is 9.15. The second kappa shape index (κ2) is 12.4. The first kappa shape index (κ1) is 29.5. The van der Waals surface area contributed by atoms with Crippen LogP contribution in [0.4, 0.5) is 5.69 Å². The number of fused-ring (bicyclic) bond motifs is 1. The molecule has 0 aromatic heterocycles. The van der Waals surface area contributed by atoms with Crippen LogP contribution in [0.25, 0.3) is 0 Å². The number of carbonyl (C=O) groups excluding carboxylic acids is 4. The van der Waals surface area contributed by atoms with Gasteiger partial charge < -0.3 is 26.8 Å². The second-order valence-electron chi connectivity index (χ2n) is 11.3. The Morgan fingerprint density at radius 3 is 2.24 bits per heavy atom. The van der Waals surface area contributed by atoms with Crippen molar-refractivity contribution in [1.82, 2.24) is 16.0 Å². The van der Waals surface area contributed by atoms with Gasteiger partial charge in [-0.25, -0.2) is 0 Å². The average molecular weight is 566 g/mol. The maximum atomic E-state index is 13.6. The van der Waals surface area contributed by atoms with E-state index in [-0.39, 0.29) is 24.2 Å². The van der Waals surface area contributed by atoms with Crippen molar-refractivity contribution in [3.05, 3.63) is 69.3 Å². The van der Waals surface area contributed by atoms with Crippen molar-refractivity contribution in [3.8, 4) is 5.75 Å². The predicted molar refractivity (Wildman–Crippen MR) is 148 cm³/mol. The molecule has 2 aromatic rings. The number of nitro benzene ring substituents is 1. The van der Waals surface area contributed by atoms with E-state index in [1.807, 2.05) is 38.1 Å². The number of benzene rings is 2. The normalized spacial score (nSPS) is 19.1. The Kier molecular flexibility index (Phi) is 8.89. The monoisotopic (exact) mass is 565 g/mol. The first-order valence-electron chi connectivity index (χ1n) is 13.7. The van der Waals surface area contributed by atoms with E-state index in [1.165, 1.54) is 6.07 Å². The van der Waals surface area contributed by atoms with Crippen molar-refractivity contribution in [3.63, 3.8) is 0 Å². The summed E-state index contributed by atoms with van der Waals surface area (Å²) in [5.74, 6) is -3.84. The molecular formula is C29H35N5O7. The van der Waals surface area contributed by atoms with Crippen LogP contribution in [0.5, 0.6) is 5.75 Å². The lowest BCUT2D eigenvalue weighted by Crippen LogP contribution is -2.56. The molecule has 41 heavy (non-hydrogen) atoms. The fourth-order valence-corrected chi connectivity index (χ4v) is 5.28. The third-order valence-electron chi connectivity index (χ3n) is 7.62. The van der Waals surface area contributed by atoms with Gasteiger partial charge in [-0.3, -0.25) is 29.3 Å². The number of nitro groups is 1. The lowest BCUT2D eigenvalue weighted by atomic mass is 9.95. The molecule has 2 aliphatic carbocycles. The summed E-state index contributed by atoms with van der Waals surface area (Å²) < 4.78 is 0. The third-order valence-corrected chi connectivity index (χ3v) is 7.62. The van der Waals surface area contributed by atoms with Gasteiger partial charge in [0.25, 0.3) is 0 Å². The Morgan fingerprint density at radius 1 is 1.02 bits per heavy atom. The van der Waals surface area contributed by atoms with Gasteiger partial charge in [0.05, 0.1) is 16.8 Å². The minimum Gasteiger partial charge on any atom is -0.502 e. The number of rotatable bonds is 12. The number of nitrogens with two attached hydrogens (primary N) is 1. The number of amides is 4. The molecule has 0 saturated heterocycles. The standard InChI is InChI=1S/C29H35N5O7/c1-15(2)14-31-27(37)20-13-21(20)28(38)32-22(9-16-7-8-24(35)23(10-16)34(40)41)29(39)33-25(26(30)36)19-11-17-5-3-4-6-18(17)12-19/h3-8,10,15,19-22,25,35H,9,11-14H2,1-2H3,(H2,30,36)(H,31,37)(H,32,38)(H,33,39)/t20-,21?,22+,25+/m0/s1. The predicted octanol–water partition coefficient (Wildman–Crippen LogP) is 1.12. The number of nitrogens with one attached hydrogen (secondary N) is 3. The molecule has 2 aromatic carbocycles. The molecule has 1 unspecified atom stereocenters. The van der Waals surface area contributed by atoms with E-state index in [4.69, 9.17) is 5.73 Å². The number of carbonyl (C=O) groups is 4. The highest BCUT2D eigenvalue weighted by molar-refractivity contribution is 5.96. The number of primary amides is 1. The van der Waals surface area contributed by atoms with Crippen LogP contribution in [-0.4, -0.2) is 52.3 Å². The molecule has 4 amide bonds. The molecule has 4 atom stereocenters. The van der Waals surface area contributed by atoms with E-state index in [0.29, 0.717) is 31.4 Å². The summed E-state index contributed by atoms with van der Waals surface area (Å²) in [5.41, 5.74) is 7.58. The minimum atomic E-state index is -1.22. The molecule has 6 N–H and O–H groups in total. The van der Waals surface area contributed by atoms with E-state index >= 15 is 0 Å². The summed E-state index contributed by atoms with van der Waals surface area (Å²) in [4.78, 5) is 62.1. The van der Waals surface area contributed by atoms with E-state index < -0.39 is 58.0 Å². The molecule has 2 aliphatic rings. The van der Waals surface area contributed by atoms with Crippen LogP contribution in [0.15, 0.2) is 42.5 Å². The summed E-state index contributed by atoms with van der Waals surface area (Å²) in [6.45, 7) is 4.39. The van der Waals surface area contributed by atoms with E-state index in [9.17, 15) is 34.4 Å². The van der Waals surface area contributed by atoms with Crippen molar-refractivity contribution in [1.29, 1.82) is 0 Å². The number of phenols is 1. The zero-order chi connectivity index (χ0) is 29.8. The van der Waals surface area contributed by atoms with Crippen LogP contribution in [0, 0.1) is 33.8 Å². The number of phenolic OH excluding ortho intramolecular Hbond substituents is 1. The van der Waals surface area contributed by atoms with Gasteiger partial charge in [-0.05, 0) is 53.9 Å². The van der Waals surface area contributed by atoms with Crippen molar-refractivity contribution >= 4 is 29.3 Å². The molecule has 0 aliphatic heterocycles. The molecule has 218 valence electrons. The fraction of sp³-hybridized carbons (Fsp3) is 0.448. The van der Waals surface area contributed by atoms with Gasteiger partial charge in [0, 0.05) is 19.0 Å². The fourth-order valence-electron chi connectivity index (χ4n) is 5.28. The molecule has 0 spiro atoms. The zero-order valence-electron chi connectivity index (χ0n) is 23.0. The van der Waals surface area contributed by atoms with Gasteiger partial charge in [0.2, 0.25) is 23.6 Å². The van der Waals surface area contributed by atoms with Crippen molar-refractivity contribution in [2.45, 2.75) is 51.6 Å². The largest absolute Gasteiger partial charge is 0.502 e. The highest BCUT2D eigenvalue weighted by Crippen LogP contribution is 2.39. The highest BCUT2D eigenvalue weighted by atomic mass is 16.6. The Balaban J connectivity index is 1.50. The Labute approximate surface area is 237 Å². The van der Waals surface area contributed by atoms with Crippen LogP contribution in [0.2, 0.25) is 0 Å². The smallest absolute Gasteiger partial charge is 0.310 e. The molecule has 0 bridgehead atoms. The summed E-state index contributed by atoms with van der Waals surface area (Å²) in [5, 5.41) is 29.3. The van der Waals surface area contributed by atoms with Gasteiger partial charge in [-0.15, -0.1) is 0 Å². The summed E-state index contributed by atoms with van der Waals surface area (Å²) >= 11 is 0. The average Bonchev–Trinajstić information content (AvgIpc) is 3.62. The molecule has 1 fully saturated rings. The molecule has 12 heteroatoms. The Morgan fingerprint density at radius 2 is 1.66 bits per heavy atom. The van der Waals surface area contributed by atoms with Crippen LogP contribution >= 0.6 is 0 Å². The molecule has 0 heterocycles. The van der Waals surface area contributed by atoms with Gasteiger partial charge in [-0.2, -0.15) is 0 Å². The molecule has 1 saturated carbocycles. The molecule has 0 radical (unpaired) electrons. The second-order valence-corrected chi connectivity index (χ2v) is 11.3. The Bertz CT molecular complexity index is 1340.